The van der Waals surface area contributed by atoms with Crippen LogP contribution in [0.25, 0.3) is 22.7 Å². The maximum atomic E-state index is 12.1. The van der Waals surface area contributed by atoms with E-state index in [4.69, 9.17) is 4.74 Å². The van der Waals surface area contributed by atoms with E-state index in [-0.39, 0.29) is 5.92 Å². The summed E-state index contributed by atoms with van der Waals surface area (Å²) >= 11 is 0. The Balaban J connectivity index is 1.73. The number of H-pyrrole nitrogens is 1. The summed E-state index contributed by atoms with van der Waals surface area (Å²) in [6, 6.07) is 6.72. The van der Waals surface area contributed by atoms with Gasteiger partial charge in [0.1, 0.15) is 5.75 Å². The van der Waals surface area contributed by atoms with Crippen LogP contribution < -0.4 is 15.3 Å². The van der Waals surface area contributed by atoms with Crippen molar-refractivity contribution in [3.8, 4) is 5.75 Å². The van der Waals surface area contributed by atoms with Gasteiger partial charge in [0.25, 0.3) is 0 Å². The van der Waals surface area contributed by atoms with Crippen molar-refractivity contribution in [2.24, 2.45) is 5.92 Å². The number of fused-ring (bicyclic) bond motifs is 6. The van der Waals surface area contributed by atoms with Crippen molar-refractivity contribution in [1.29, 1.82) is 0 Å². The fraction of sp³-hybridized carbons (Fsp3) is 0.464. The molecule has 6 rings (SSSR count). The van der Waals surface area contributed by atoms with Gasteiger partial charge < -0.3 is 19.4 Å². The topological polar surface area (TPSA) is 67.2 Å². The molecule has 5 nitrogen and oxygen atoms in total. The number of aromatic carboxylic acids is 1. The van der Waals surface area contributed by atoms with E-state index in [1.165, 1.54) is 60.9 Å². The first-order valence-electron chi connectivity index (χ1n) is 12.5. The zero-order valence-corrected chi connectivity index (χ0v) is 19.5. The Labute approximate surface area is 193 Å². The monoisotopic (exact) mass is 444 g/mol. The third kappa shape index (κ3) is 3.08. The van der Waals surface area contributed by atoms with Crippen molar-refractivity contribution >= 4 is 28.6 Å². The molecule has 172 valence electrons. The Kier molecular flexibility index (Phi) is 4.89. The van der Waals surface area contributed by atoms with Crippen LogP contribution in [0.5, 0.6) is 5.75 Å². The van der Waals surface area contributed by atoms with Crippen LogP contribution in [0.15, 0.2) is 24.4 Å². The number of hydrogen-bond acceptors (Lipinski definition) is 2. The molecule has 0 bridgehead atoms. The SMILES string of the molecule is COc1ccc(C2CCCCC2)c2c1cc1n2C=c2c(C(=O)O)c[nH]c2=C2CCCC(C)C21. The van der Waals surface area contributed by atoms with Crippen LogP contribution in [0.4, 0.5) is 0 Å². The predicted molar refractivity (Wildman–Crippen MR) is 130 cm³/mol. The molecule has 0 saturated heterocycles. The van der Waals surface area contributed by atoms with E-state index in [1.54, 1.807) is 13.3 Å². The molecule has 2 saturated carbocycles. The lowest BCUT2D eigenvalue weighted by atomic mass is 9.75. The summed E-state index contributed by atoms with van der Waals surface area (Å²) < 4.78 is 8.16. The normalized spacial score (nSPS) is 22.8. The van der Waals surface area contributed by atoms with Crippen LogP contribution in [0.3, 0.4) is 0 Å². The summed E-state index contributed by atoms with van der Waals surface area (Å²) in [4.78, 5) is 15.5. The molecule has 2 aliphatic carbocycles. The first-order chi connectivity index (χ1) is 16.1. The van der Waals surface area contributed by atoms with E-state index >= 15 is 0 Å². The quantitative estimate of drug-likeness (QED) is 0.592. The largest absolute Gasteiger partial charge is 0.496 e. The third-order valence-electron chi connectivity index (χ3n) is 8.38. The molecule has 33 heavy (non-hydrogen) atoms. The first-order valence-corrected chi connectivity index (χ1v) is 12.5. The molecule has 5 heteroatoms. The lowest BCUT2D eigenvalue weighted by Gasteiger charge is -2.31. The first kappa shape index (κ1) is 20.6. The second kappa shape index (κ2) is 7.82. The standard InChI is InChI=1S/C28H32N2O3/c1-16-7-6-10-19-25(16)23-13-20-24(33-2)12-11-18(17-8-4-3-5-9-17)27(20)30(23)15-22-21(28(31)32)14-29-26(19)22/h11-17,25,29H,3-10H2,1-2H3,(H,31,32). The molecule has 1 aromatic carbocycles. The highest BCUT2D eigenvalue weighted by atomic mass is 16.5. The van der Waals surface area contributed by atoms with E-state index in [0.717, 1.165) is 34.5 Å². The molecule has 3 heterocycles. The molecule has 2 N–H and O–H groups in total. The Morgan fingerprint density at radius 1 is 1.15 bits per heavy atom. The summed E-state index contributed by atoms with van der Waals surface area (Å²) in [5, 5.41) is 12.9. The molecule has 0 radical (unpaired) electrons. The van der Waals surface area contributed by atoms with Gasteiger partial charge in [0, 0.05) is 40.0 Å². The van der Waals surface area contributed by atoms with Gasteiger partial charge >= 0.3 is 5.97 Å². The lowest BCUT2D eigenvalue weighted by Crippen LogP contribution is -2.32. The number of rotatable bonds is 3. The fourth-order valence-electron chi connectivity index (χ4n) is 6.83. The van der Waals surface area contributed by atoms with Crippen molar-refractivity contribution < 1.29 is 14.6 Å². The summed E-state index contributed by atoms with van der Waals surface area (Å²) in [5.74, 6) is 1.33. The number of carbonyl (C=O) groups is 1. The average Bonchev–Trinajstić information content (AvgIpc) is 3.38. The highest BCUT2D eigenvalue weighted by Crippen LogP contribution is 2.47. The Bertz CT molecular complexity index is 1370. The van der Waals surface area contributed by atoms with Gasteiger partial charge in [-0.15, -0.1) is 0 Å². The molecule has 2 atom stereocenters. The van der Waals surface area contributed by atoms with E-state index in [1.807, 2.05) is 0 Å². The molecule has 0 spiro atoms. The molecular formula is C28H32N2O3. The highest BCUT2D eigenvalue weighted by Gasteiger charge is 2.34. The second-order valence-electron chi connectivity index (χ2n) is 10.2. The molecule has 2 aromatic heterocycles. The number of benzene rings is 1. The number of nitrogens with zero attached hydrogens (tertiary/aromatic N) is 1. The van der Waals surface area contributed by atoms with Crippen molar-refractivity contribution in [1.82, 2.24) is 9.55 Å². The van der Waals surface area contributed by atoms with Crippen molar-refractivity contribution in [3.63, 3.8) is 0 Å². The van der Waals surface area contributed by atoms with Crippen molar-refractivity contribution in [2.75, 3.05) is 7.11 Å². The van der Waals surface area contributed by atoms with Gasteiger partial charge in [0.05, 0.1) is 18.2 Å². The van der Waals surface area contributed by atoms with Gasteiger partial charge in [0.2, 0.25) is 0 Å². The van der Waals surface area contributed by atoms with Gasteiger partial charge in [0.15, 0.2) is 0 Å². The number of aromatic nitrogens is 2. The van der Waals surface area contributed by atoms with Gasteiger partial charge in [-0.1, -0.05) is 32.3 Å². The van der Waals surface area contributed by atoms with Gasteiger partial charge in [-0.25, -0.2) is 4.79 Å². The summed E-state index contributed by atoms with van der Waals surface area (Å²) in [5.41, 5.74) is 5.57. The second-order valence-corrected chi connectivity index (χ2v) is 10.2. The van der Waals surface area contributed by atoms with Crippen LogP contribution in [-0.4, -0.2) is 27.7 Å². The highest BCUT2D eigenvalue weighted by molar-refractivity contribution is 5.94. The van der Waals surface area contributed by atoms with E-state index in [0.29, 0.717) is 17.4 Å². The molecule has 2 fully saturated rings. The van der Waals surface area contributed by atoms with Crippen molar-refractivity contribution in [2.45, 2.75) is 70.1 Å². The average molecular weight is 445 g/mol. The number of nitrogens with one attached hydrogen (secondary N) is 1. The zero-order valence-electron chi connectivity index (χ0n) is 19.5. The Morgan fingerprint density at radius 2 is 1.97 bits per heavy atom. The molecule has 3 aromatic rings. The maximum Gasteiger partial charge on any atom is 0.337 e. The molecule has 1 aliphatic heterocycles. The molecule has 2 unspecified atom stereocenters. The summed E-state index contributed by atoms with van der Waals surface area (Å²) in [6.45, 7) is 2.34. The predicted octanol–water partition coefficient (Wildman–Crippen LogP) is 5.08. The zero-order chi connectivity index (χ0) is 22.7. The molecular weight excluding hydrogens is 412 g/mol. The van der Waals surface area contributed by atoms with E-state index < -0.39 is 5.97 Å². The number of methoxy groups -OCH3 is 1. The summed E-state index contributed by atoms with van der Waals surface area (Å²) in [6.07, 6.45) is 13.4. The molecule has 0 amide bonds. The number of aromatic amines is 1. The van der Waals surface area contributed by atoms with Gasteiger partial charge in [-0.3, -0.25) is 0 Å². The lowest BCUT2D eigenvalue weighted by molar-refractivity contribution is 0.0696. The van der Waals surface area contributed by atoms with Crippen LogP contribution in [0, 0.1) is 5.92 Å². The number of ether oxygens (including phenoxy) is 1. The number of hydrogen-bond donors (Lipinski definition) is 2. The smallest absolute Gasteiger partial charge is 0.337 e. The van der Waals surface area contributed by atoms with Gasteiger partial charge in [-0.05, 0) is 67.2 Å². The van der Waals surface area contributed by atoms with Crippen LogP contribution in [-0.2, 0) is 0 Å². The van der Waals surface area contributed by atoms with E-state index in [2.05, 4.69) is 40.9 Å². The van der Waals surface area contributed by atoms with Crippen LogP contribution in [0.2, 0.25) is 0 Å². The van der Waals surface area contributed by atoms with Gasteiger partial charge in [-0.2, -0.15) is 0 Å². The minimum absolute atomic E-state index is 0.271. The van der Waals surface area contributed by atoms with Crippen LogP contribution >= 0.6 is 0 Å². The minimum Gasteiger partial charge on any atom is -0.496 e. The van der Waals surface area contributed by atoms with E-state index in [9.17, 15) is 9.90 Å². The number of carboxylic acid groups (broad SMARTS) is 1. The van der Waals surface area contributed by atoms with Crippen molar-refractivity contribution in [3.05, 3.63) is 51.8 Å². The minimum atomic E-state index is -0.880. The van der Waals surface area contributed by atoms with Crippen LogP contribution in [0.1, 0.15) is 91.7 Å². The fourth-order valence-corrected chi connectivity index (χ4v) is 6.83. The molecule has 3 aliphatic rings. The maximum absolute atomic E-state index is 12.1. The number of carboxylic acids is 1. The third-order valence-corrected chi connectivity index (χ3v) is 8.38. The Hall–Kier alpha value is -2.95. The summed E-state index contributed by atoms with van der Waals surface area (Å²) in [7, 11) is 1.75. The Morgan fingerprint density at radius 3 is 2.73 bits per heavy atom.